The highest BCUT2D eigenvalue weighted by molar-refractivity contribution is 6.35. The normalized spacial score (nSPS) is 11.1. The van der Waals surface area contributed by atoms with Gasteiger partial charge in [-0.15, -0.1) is 10.2 Å². The minimum absolute atomic E-state index is 0.451. The van der Waals surface area contributed by atoms with Crippen molar-refractivity contribution in [1.29, 1.82) is 0 Å². The minimum Gasteiger partial charge on any atom is -0.368 e. The number of nitrogens with one attached hydrogen (secondary N) is 1. The van der Waals surface area contributed by atoms with Crippen molar-refractivity contribution in [3.63, 3.8) is 0 Å². The molecule has 0 amide bonds. The van der Waals surface area contributed by atoms with Crippen molar-refractivity contribution in [2.24, 2.45) is 0 Å². The molecule has 1 N–H and O–H groups in total. The quantitative estimate of drug-likeness (QED) is 0.560. The Labute approximate surface area is 123 Å². The number of aromatic nitrogens is 2. The monoisotopic (exact) mass is 285 g/mol. The highest BCUT2D eigenvalue weighted by atomic mass is 35.5. The van der Waals surface area contributed by atoms with Crippen LogP contribution in [0.25, 0.3) is 21.5 Å². The Morgan fingerprint density at radius 3 is 2.45 bits per heavy atom. The van der Waals surface area contributed by atoms with E-state index in [9.17, 15) is 0 Å². The molecule has 4 heteroatoms. The van der Waals surface area contributed by atoms with E-state index in [0.717, 1.165) is 41.4 Å². The highest BCUT2D eigenvalue weighted by Crippen LogP contribution is 2.30. The van der Waals surface area contributed by atoms with Crippen molar-refractivity contribution >= 4 is 39.0 Å². The van der Waals surface area contributed by atoms with Crippen LogP contribution in [-0.4, -0.2) is 16.7 Å². The molecule has 20 heavy (non-hydrogen) atoms. The molecule has 3 rings (SSSR count). The maximum Gasteiger partial charge on any atom is 0.159 e. The molecule has 0 saturated carbocycles. The summed E-state index contributed by atoms with van der Waals surface area (Å²) in [6.45, 7) is 3.07. The van der Waals surface area contributed by atoms with E-state index < -0.39 is 0 Å². The number of benzene rings is 2. The second-order valence-electron chi connectivity index (χ2n) is 4.86. The van der Waals surface area contributed by atoms with Crippen LogP contribution in [0, 0.1) is 0 Å². The van der Waals surface area contributed by atoms with Gasteiger partial charge in [0.15, 0.2) is 11.0 Å². The van der Waals surface area contributed by atoms with Crippen molar-refractivity contribution in [2.45, 2.75) is 19.8 Å². The lowest BCUT2D eigenvalue weighted by atomic mass is 10.1. The smallest absolute Gasteiger partial charge is 0.159 e. The van der Waals surface area contributed by atoms with Gasteiger partial charge in [0.1, 0.15) is 0 Å². The summed E-state index contributed by atoms with van der Waals surface area (Å²) in [5.41, 5.74) is 0. The Hall–Kier alpha value is -1.87. The minimum atomic E-state index is 0.451. The molecule has 3 aromatic rings. The van der Waals surface area contributed by atoms with E-state index in [1.54, 1.807) is 0 Å². The number of unbranched alkanes of at least 4 members (excludes halogenated alkanes) is 1. The van der Waals surface area contributed by atoms with Gasteiger partial charge in [0, 0.05) is 17.3 Å². The third kappa shape index (κ3) is 2.41. The molecule has 102 valence electrons. The molecule has 0 unspecified atom stereocenters. The first-order chi connectivity index (χ1) is 9.79. The van der Waals surface area contributed by atoms with Gasteiger partial charge in [-0.3, -0.25) is 0 Å². The summed E-state index contributed by atoms with van der Waals surface area (Å²) in [4.78, 5) is 0. The van der Waals surface area contributed by atoms with Gasteiger partial charge in [-0.1, -0.05) is 49.2 Å². The molecular formula is C16H16ClN3. The van der Waals surface area contributed by atoms with Gasteiger partial charge in [0.05, 0.1) is 0 Å². The number of fused-ring (bicyclic) bond motifs is 2. The fraction of sp³-hybridized carbons (Fsp3) is 0.250. The molecule has 0 aliphatic carbocycles. The fourth-order valence-electron chi connectivity index (χ4n) is 2.32. The summed E-state index contributed by atoms with van der Waals surface area (Å²) >= 11 is 6.19. The summed E-state index contributed by atoms with van der Waals surface area (Å²) in [7, 11) is 0. The average molecular weight is 286 g/mol. The Balaban J connectivity index is 2.16. The largest absolute Gasteiger partial charge is 0.368 e. The molecule has 0 radical (unpaired) electrons. The third-order valence-corrected chi connectivity index (χ3v) is 3.70. The topological polar surface area (TPSA) is 37.8 Å². The van der Waals surface area contributed by atoms with Crippen LogP contribution in [0.4, 0.5) is 5.82 Å². The molecule has 1 heterocycles. The SMILES string of the molecule is CCCCNc1nnc(Cl)c2cc3ccccc3cc12. The lowest BCUT2D eigenvalue weighted by molar-refractivity contribution is 0.828. The Bertz CT molecular complexity index is 755. The van der Waals surface area contributed by atoms with Crippen LogP contribution < -0.4 is 5.32 Å². The summed E-state index contributed by atoms with van der Waals surface area (Å²) in [6, 6.07) is 12.4. The molecule has 1 aromatic heterocycles. The standard InChI is InChI=1S/C16H16ClN3/c1-2-3-8-18-16-14-10-12-7-5-4-6-11(12)9-13(14)15(17)19-20-16/h4-7,9-10H,2-3,8H2,1H3,(H,18,20). The van der Waals surface area contributed by atoms with E-state index in [4.69, 9.17) is 11.6 Å². The zero-order valence-corrected chi connectivity index (χ0v) is 12.1. The summed E-state index contributed by atoms with van der Waals surface area (Å²) in [6.07, 6.45) is 2.26. The molecule has 0 aliphatic heterocycles. The second-order valence-corrected chi connectivity index (χ2v) is 5.22. The van der Waals surface area contributed by atoms with Crippen LogP contribution in [-0.2, 0) is 0 Å². The summed E-state index contributed by atoms with van der Waals surface area (Å²) in [5, 5.41) is 16.4. The van der Waals surface area contributed by atoms with Gasteiger partial charge in [-0.25, -0.2) is 0 Å². The third-order valence-electron chi connectivity index (χ3n) is 3.42. The molecule has 0 aliphatic rings. The van der Waals surface area contributed by atoms with E-state index in [1.165, 1.54) is 5.39 Å². The Kier molecular flexibility index (Phi) is 3.70. The van der Waals surface area contributed by atoms with Gasteiger partial charge in [0.25, 0.3) is 0 Å². The Morgan fingerprint density at radius 2 is 1.75 bits per heavy atom. The van der Waals surface area contributed by atoms with E-state index in [1.807, 2.05) is 12.1 Å². The van der Waals surface area contributed by atoms with Crippen LogP contribution in [0.1, 0.15) is 19.8 Å². The number of hydrogen-bond acceptors (Lipinski definition) is 3. The predicted octanol–water partition coefficient (Wildman–Crippen LogP) is 4.65. The van der Waals surface area contributed by atoms with Crippen molar-refractivity contribution in [3.05, 3.63) is 41.6 Å². The van der Waals surface area contributed by atoms with Crippen molar-refractivity contribution in [2.75, 3.05) is 11.9 Å². The second kappa shape index (κ2) is 5.63. The number of rotatable bonds is 4. The zero-order valence-electron chi connectivity index (χ0n) is 11.4. The lowest BCUT2D eigenvalue weighted by Gasteiger charge is -2.09. The maximum atomic E-state index is 6.19. The van der Waals surface area contributed by atoms with Gasteiger partial charge in [-0.05, 0) is 29.3 Å². The molecule has 0 spiro atoms. The summed E-state index contributed by atoms with van der Waals surface area (Å²) < 4.78 is 0. The van der Waals surface area contributed by atoms with E-state index in [-0.39, 0.29) is 0 Å². The maximum absolute atomic E-state index is 6.19. The van der Waals surface area contributed by atoms with Crippen LogP contribution >= 0.6 is 11.6 Å². The lowest BCUT2D eigenvalue weighted by Crippen LogP contribution is -2.04. The molecule has 3 nitrogen and oxygen atoms in total. The van der Waals surface area contributed by atoms with Crippen LogP contribution in [0.2, 0.25) is 5.15 Å². The molecule has 0 fully saturated rings. The zero-order chi connectivity index (χ0) is 13.9. The van der Waals surface area contributed by atoms with Gasteiger partial charge in [0.2, 0.25) is 0 Å². The molecule has 0 saturated heterocycles. The van der Waals surface area contributed by atoms with Gasteiger partial charge < -0.3 is 5.32 Å². The van der Waals surface area contributed by atoms with Gasteiger partial charge in [-0.2, -0.15) is 0 Å². The number of nitrogens with zero attached hydrogens (tertiary/aromatic N) is 2. The highest BCUT2D eigenvalue weighted by Gasteiger charge is 2.09. The number of hydrogen-bond donors (Lipinski definition) is 1. The fourth-order valence-corrected chi connectivity index (χ4v) is 2.52. The first-order valence-electron chi connectivity index (χ1n) is 6.88. The average Bonchev–Trinajstić information content (AvgIpc) is 2.48. The van der Waals surface area contributed by atoms with Crippen molar-refractivity contribution in [1.82, 2.24) is 10.2 Å². The van der Waals surface area contributed by atoms with Crippen LogP contribution in [0.5, 0.6) is 0 Å². The van der Waals surface area contributed by atoms with E-state index >= 15 is 0 Å². The first kappa shape index (κ1) is 13.1. The van der Waals surface area contributed by atoms with E-state index in [2.05, 4.69) is 46.7 Å². The van der Waals surface area contributed by atoms with Gasteiger partial charge >= 0.3 is 0 Å². The molecule has 0 bridgehead atoms. The number of anilines is 1. The first-order valence-corrected chi connectivity index (χ1v) is 7.26. The molecular weight excluding hydrogens is 270 g/mol. The van der Waals surface area contributed by atoms with Crippen LogP contribution in [0.3, 0.4) is 0 Å². The van der Waals surface area contributed by atoms with Crippen molar-refractivity contribution < 1.29 is 0 Å². The summed E-state index contributed by atoms with van der Waals surface area (Å²) in [5.74, 6) is 0.809. The predicted molar refractivity (Wildman–Crippen MR) is 85.5 cm³/mol. The number of halogens is 1. The van der Waals surface area contributed by atoms with Crippen molar-refractivity contribution in [3.8, 4) is 0 Å². The molecule has 0 atom stereocenters. The Morgan fingerprint density at radius 1 is 1.05 bits per heavy atom. The molecule has 2 aromatic carbocycles. The van der Waals surface area contributed by atoms with E-state index in [0.29, 0.717) is 5.15 Å². The van der Waals surface area contributed by atoms with Crippen LogP contribution in [0.15, 0.2) is 36.4 Å².